The van der Waals surface area contributed by atoms with Gasteiger partial charge in [0.25, 0.3) is 0 Å². The van der Waals surface area contributed by atoms with Crippen LogP contribution in [0.4, 0.5) is 4.39 Å². The zero-order chi connectivity index (χ0) is 17.6. The molecule has 2 heterocycles. The minimum Gasteiger partial charge on any atom is -0.352 e. The Bertz CT molecular complexity index is 917. The molecule has 0 fully saturated rings. The van der Waals surface area contributed by atoms with Gasteiger partial charge in [0.1, 0.15) is 11.6 Å². The van der Waals surface area contributed by atoms with Crippen LogP contribution in [0.5, 0.6) is 0 Å². The van der Waals surface area contributed by atoms with E-state index in [1.165, 1.54) is 24.4 Å². The molecule has 2 aromatic heterocycles. The van der Waals surface area contributed by atoms with Gasteiger partial charge in [-0.1, -0.05) is 12.1 Å². The number of fused-ring (bicyclic) bond motifs is 1. The zero-order valence-electron chi connectivity index (χ0n) is 13.9. The number of hydrogen-bond donors (Lipinski definition) is 1. The van der Waals surface area contributed by atoms with E-state index in [1.807, 2.05) is 24.3 Å². The molecule has 1 amide bonds. The van der Waals surface area contributed by atoms with Gasteiger partial charge in [0, 0.05) is 31.8 Å². The predicted molar refractivity (Wildman–Crippen MR) is 95.3 cm³/mol. The first-order valence-electron chi connectivity index (χ1n) is 8.18. The third kappa shape index (κ3) is 4.09. The van der Waals surface area contributed by atoms with Crippen molar-refractivity contribution in [3.05, 3.63) is 66.0 Å². The lowest BCUT2D eigenvalue weighted by Gasteiger charge is -2.06. The second kappa shape index (κ2) is 7.70. The Balaban J connectivity index is 1.58. The van der Waals surface area contributed by atoms with E-state index >= 15 is 0 Å². The van der Waals surface area contributed by atoms with Crippen LogP contribution in [0.15, 0.2) is 48.8 Å². The highest BCUT2D eigenvalue weighted by molar-refractivity contribution is 5.91. The summed E-state index contributed by atoms with van der Waals surface area (Å²) in [6.45, 7) is 3.39. The van der Waals surface area contributed by atoms with Crippen LogP contribution in [-0.2, 0) is 17.8 Å². The van der Waals surface area contributed by atoms with Crippen molar-refractivity contribution in [1.82, 2.24) is 19.9 Å². The summed E-state index contributed by atoms with van der Waals surface area (Å²) in [5.41, 5.74) is 2.61. The molecule has 0 aliphatic heterocycles. The summed E-state index contributed by atoms with van der Waals surface area (Å²) in [7, 11) is 0. The van der Waals surface area contributed by atoms with Crippen LogP contribution in [0.3, 0.4) is 0 Å². The predicted octanol–water partition coefficient (Wildman–Crippen LogP) is 2.96. The van der Waals surface area contributed by atoms with Gasteiger partial charge in [-0.05, 0) is 36.8 Å². The first-order valence-corrected chi connectivity index (χ1v) is 8.18. The van der Waals surface area contributed by atoms with Gasteiger partial charge in [-0.25, -0.2) is 9.37 Å². The molecule has 25 heavy (non-hydrogen) atoms. The van der Waals surface area contributed by atoms with Crippen molar-refractivity contribution >= 4 is 23.0 Å². The molecule has 1 aromatic carbocycles. The Morgan fingerprint density at radius 1 is 1.32 bits per heavy atom. The van der Waals surface area contributed by atoms with E-state index in [1.54, 1.807) is 0 Å². The zero-order valence-corrected chi connectivity index (χ0v) is 13.9. The lowest BCUT2D eigenvalue weighted by Crippen LogP contribution is -2.24. The molecule has 0 spiro atoms. The van der Waals surface area contributed by atoms with Crippen LogP contribution in [0.2, 0.25) is 0 Å². The van der Waals surface area contributed by atoms with Crippen molar-refractivity contribution in [2.24, 2.45) is 0 Å². The fourth-order valence-electron chi connectivity index (χ4n) is 2.72. The first kappa shape index (κ1) is 16.8. The second-order valence-corrected chi connectivity index (χ2v) is 5.57. The SMILES string of the molecule is CCn1c(CCNC(=O)/C=C/c2cncc(F)c2)nc2ccccc21. The molecule has 0 bridgehead atoms. The average Bonchev–Trinajstić information content (AvgIpc) is 2.97. The van der Waals surface area contributed by atoms with Crippen LogP contribution >= 0.6 is 0 Å². The van der Waals surface area contributed by atoms with Crippen molar-refractivity contribution < 1.29 is 9.18 Å². The van der Waals surface area contributed by atoms with Gasteiger partial charge in [0.2, 0.25) is 5.91 Å². The van der Waals surface area contributed by atoms with Gasteiger partial charge < -0.3 is 9.88 Å². The van der Waals surface area contributed by atoms with E-state index in [-0.39, 0.29) is 5.91 Å². The van der Waals surface area contributed by atoms with E-state index in [9.17, 15) is 9.18 Å². The molecular weight excluding hydrogens is 319 g/mol. The Hall–Kier alpha value is -3.02. The highest BCUT2D eigenvalue weighted by Crippen LogP contribution is 2.16. The molecule has 5 nitrogen and oxygen atoms in total. The fourth-order valence-corrected chi connectivity index (χ4v) is 2.72. The average molecular weight is 338 g/mol. The number of amides is 1. The van der Waals surface area contributed by atoms with Gasteiger partial charge in [-0.3, -0.25) is 9.78 Å². The maximum Gasteiger partial charge on any atom is 0.244 e. The van der Waals surface area contributed by atoms with Crippen LogP contribution in [0, 0.1) is 5.82 Å². The molecule has 0 aliphatic carbocycles. The third-order valence-electron chi connectivity index (χ3n) is 3.85. The Kier molecular flexibility index (Phi) is 5.18. The topological polar surface area (TPSA) is 59.8 Å². The van der Waals surface area contributed by atoms with Gasteiger partial charge in [0.05, 0.1) is 17.2 Å². The summed E-state index contributed by atoms with van der Waals surface area (Å²) in [5, 5.41) is 2.82. The van der Waals surface area contributed by atoms with Crippen LogP contribution in [-0.4, -0.2) is 27.0 Å². The number of hydrogen-bond acceptors (Lipinski definition) is 3. The summed E-state index contributed by atoms with van der Waals surface area (Å²) in [5.74, 6) is 0.284. The third-order valence-corrected chi connectivity index (χ3v) is 3.85. The number of carbonyl (C=O) groups excluding carboxylic acids is 1. The molecule has 0 saturated heterocycles. The second-order valence-electron chi connectivity index (χ2n) is 5.57. The summed E-state index contributed by atoms with van der Waals surface area (Å²) >= 11 is 0. The Labute approximate surface area is 145 Å². The smallest absolute Gasteiger partial charge is 0.244 e. The molecular formula is C19H19FN4O. The van der Waals surface area contributed by atoms with E-state index in [2.05, 4.69) is 26.8 Å². The van der Waals surface area contributed by atoms with Crippen molar-refractivity contribution in [2.75, 3.05) is 6.54 Å². The molecule has 6 heteroatoms. The quantitative estimate of drug-likeness (QED) is 0.703. The lowest BCUT2D eigenvalue weighted by atomic mass is 10.2. The number of rotatable bonds is 6. The molecule has 0 saturated carbocycles. The summed E-state index contributed by atoms with van der Waals surface area (Å²) in [4.78, 5) is 20.2. The fraction of sp³-hybridized carbons (Fsp3) is 0.211. The number of para-hydroxylation sites is 2. The Morgan fingerprint density at radius 3 is 2.96 bits per heavy atom. The molecule has 3 rings (SSSR count). The minimum atomic E-state index is -0.430. The van der Waals surface area contributed by atoms with Gasteiger partial charge in [-0.2, -0.15) is 0 Å². The lowest BCUT2D eigenvalue weighted by molar-refractivity contribution is -0.116. The molecule has 3 aromatic rings. The van der Waals surface area contributed by atoms with Crippen molar-refractivity contribution in [3.63, 3.8) is 0 Å². The number of pyridine rings is 1. The number of carbonyl (C=O) groups is 1. The highest BCUT2D eigenvalue weighted by atomic mass is 19.1. The molecule has 1 N–H and O–H groups in total. The van der Waals surface area contributed by atoms with Gasteiger partial charge in [-0.15, -0.1) is 0 Å². The standard InChI is InChI=1S/C19H19FN4O/c1-2-24-17-6-4-3-5-16(17)23-18(24)9-10-22-19(25)8-7-14-11-15(20)13-21-12-14/h3-8,11-13H,2,9-10H2,1H3,(H,22,25)/b8-7+. The van der Waals surface area contributed by atoms with Crippen molar-refractivity contribution in [3.8, 4) is 0 Å². The highest BCUT2D eigenvalue weighted by Gasteiger charge is 2.08. The molecule has 0 radical (unpaired) electrons. The van der Waals surface area contributed by atoms with Crippen molar-refractivity contribution in [2.45, 2.75) is 19.9 Å². The maximum absolute atomic E-state index is 13.0. The normalized spacial score (nSPS) is 11.3. The Morgan fingerprint density at radius 2 is 2.16 bits per heavy atom. The monoisotopic (exact) mass is 338 g/mol. The van der Waals surface area contributed by atoms with E-state index < -0.39 is 5.82 Å². The number of halogens is 1. The van der Waals surface area contributed by atoms with Crippen LogP contribution in [0.25, 0.3) is 17.1 Å². The number of aryl methyl sites for hydroxylation is 1. The molecule has 0 atom stereocenters. The number of aromatic nitrogens is 3. The largest absolute Gasteiger partial charge is 0.352 e. The number of nitrogens with zero attached hydrogens (tertiary/aromatic N) is 3. The maximum atomic E-state index is 13.0. The number of imidazole rings is 1. The van der Waals surface area contributed by atoms with E-state index in [0.29, 0.717) is 18.5 Å². The summed E-state index contributed by atoms with van der Waals surface area (Å²) < 4.78 is 15.2. The van der Waals surface area contributed by atoms with Gasteiger partial charge >= 0.3 is 0 Å². The molecule has 0 unspecified atom stereocenters. The minimum absolute atomic E-state index is 0.233. The first-order chi connectivity index (χ1) is 12.2. The van der Waals surface area contributed by atoms with Gasteiger partial charge in [0.15, 0.2) is 0 Å². The van der Waals surface area contributed by atoms with E-state index in [0.717, 1.165) is 29.6 Å². The number of benzene rings is 1. The van der Waals surface area contributed by atoms with Crippen LogP contribution < -0.4 is 5.32 Å². The van der Waals surface area contributed by atoms with Crippen LogP contribution in [0.1, 0.15) is 18.3 Å². The molecule has 128 valence electrons. The van der Waals surface area contributed by atoms with E-state index in [4.69, 9.17) is 0 Å². The molecule has 0 aliphatic rings. The summed E-state index contributed by atoms with van der Waals surface area (Å²) in [6, 6.07) is 9.31. The summed E-state index contributed by atoms with van der Waals surface area (Å²) in [6.07, 6.45) is 6.17. The number of nitrogens with one attached hydrogen (secondary N) is 1. The van der Waals surface area contributed by atoms with Crippen molar-refractivity contribution in [1.29, 1.82) is 0 Å².